The van der Waals surface area contributed by atoms with Crippen LogP contribution in [0.4, 0.5) is 0 Å². The molecular formula is C30H22O2. The summed E-state index contributed by atoms with van der Waals surface area (Å²) in [4.78, 5) is 0. The molecule has 0 N–H and O–H groups in total. The Hall–Kier alpha value is -4.04. The van der Waals surface area contributed by atoms with E-state index in [1.165, 1.54) is 0 Å². The lowest BCUT2D eigenvalue weighted by Gasteiger charge is -2.10. The molecule has 2 heterocycles. The molecule has 4 aromatic carbocycles. The van der Waals surface area contributed by atoms with Crippen LogP contribution in [0.15, 0.2) is 99.8 Å². The monoisotopic (exact) mass is 414 g/mol. The van der Waals surface area contributed by atoms with Gasteiger partial charge in [0.25, 0.3) is 0 Å². The van der Waals surface area contributed by atoms with Crippen molar-refractivity contribution in [2.24, 2.45) is 0 Å². The van der Waals surface area contributed by atoms with Crippen LogP contribution in [0, 0.1) is 0 Å². The minimum Gasteiger partial charge on any atom is -0.456 e. The molecule has 0 saturated heterocycles. The standard InChI is InChI=1S/C30H22O2/c1-4-18(2)28(21-10-6-5-9-19(21)3)20-13-14-22-23-15-16-26-29(30(23)32-27(22)17-20)24-11-7-8-12-25(24)31-26/h5-17H,2-4H2,1H3/b28-21+. The van der Waals surface area contributed by atoms with Crippen molar-refractivity contribution in [1.82, 2.24) is 0 Å². The highest BCUT2D eigenvalue weighted by Crippen LogP contribution is 2.39. The summed E-state index contributed by atoms with van der Waals surface area (Å²) in [5, 5.41) is 6.40. The Morgan fingerprint density at radius 3 is 2.38 bits per heavy atom. The molecule has 0 fully saturated rings. The summed E-state index contributed by atoms with van der Waals surface area (Å²) in [6, 6.07) is 26.9. The summed E-state index contributed by atoms with van der Waals surface area (Å²) < 4.78 is 12.5. The molecule has 0 radical (unpaired) electrons. The summed E-state index contributed by atoms with van der Waals surface area (Å²) in [6.45, 7) is 10.7. The van der Waals surface area contributed by atoms with Gasteiger partial charge in [0.2, 0.25) is 0 Å². The zero-order chi connectivity index (χ0) is 21.8. The molecule has 0 aliphatic rings. The zero-order valence-corrected chi connectivity index (χ0v) is 17.9. The third kappa shape index (κ3) is 2.66. The summed E-state index contributed by atoms with van der Waals surface area (Å²) in [7, 11) is 0. The average Bonchev–Trinajstić information content (AvgIpc) is 3.37. The van der Waals surface area contributed by atoms with Crippen molar-refractivity contribution in [3.8, 4) is 0 Å². The fourth-order valence-electron chi connectivity index (χ4n) is 4.69. The number of furan rings is 2. The normalized spacial score (nSPS) is 12.8. The highest BCUT2D eigenvalue weighted by atomic mass is 16.3. The number of allylic oxidation sites excluding steroid dienone is 1. The molecule has 6 rings (SSSR count). The number of fused-ring (bicyclic) bond motifs is 7. The Balaban J connectivity index is 1.69. The van der Waals surface area contributed by atoms with Gasteiger partial charge >= 0.3 is 0 Å². The van der Waals surface area contributed by atoms with Crippen LogP contribution < -0.4 is 10.4 Å². The van der Waals surface area contributed by atoms with Gasteiger partial charge in [0.05, 0.1) is 5.39 Å². The van der Waals surface area contributed by atoms with Crippen molar-refractivity contribution in [2.75, 3.05) is 0 Å². The molecular weight excluding hydrogens is 392 g/mol. The topological polar surface area (TPSA) is 26.3 Å². The smallest absolute Gasteiger partial charge is 0.147 e. The molecule has 0 amide bonds. The maximum absolute atomic E-state index is 6.48. The molecule has 0 unspecified atom stereocenters. The Morgan fingerprint density at radius 2 is 1.53 bits per heavy atom. The van der Waals surface area contributed by atoms with Gasteiger partial charge in [-0.3, -0.25) is 0 Å². The van der Waals surface area contributed by atoms with Crippen molar-refractivity contribution in [3.05, 3.63) is 107 Å². The number of benzene rings is 4. The van der Waals surface area contributed by atoms with Crippen LogP contribution >= 0.6 is 0 Å². The van der Waals surface area contributed by atoms with Crippen LogP contribution in [0.5, 0.6) is 0 Å². The lowest BCUT2D eigenvalue weighted by molar-refractivity contribution is 0.662. The second kappa shape index (κ2) is 7.00. The van der Waals surface area contributed by atoms with E-state index in [4.69, 9.17) is 8.83 Å². The van der Waals surface area contributed by atoms with Gasteiger partial charge in [0.1, 0.15) is 22.3 Å². The van der Waals surface area contributed by atoms with E-state index < -0.39 is 0 Å². The number of hydrogen-bond acceptors (Lipinski definition) is 2. The minimum atomic E-state index is 0.843. The largest absolute Gasteiger partial charge is 0.456 e. The molecule has 0 bridgehead atoms. The van der Waals surface area contributed by atoms with Crippen LogP contribution in [-0.4, -0.2) is 0 Å². The first-order valence-electron chi connectivity index (χ1n) is 10.9. The Kier molecular flexibility index (Phi) is 4.09. The molecule has 0 atom stereocenters. The van der Waals surface area contributed by atoms with E-state index in [-0.39, 0.29) is 0 Å². The van der Waals surface area contributed by atoms with E-state index >= 15 is 0 Å². The predicted molar refractivity (Wildman–Crippen MR) is 134 cm³/mol. The summed E-state index contributed by atoms with van der Waals surface area (Å²) in [5.41, 5.74) is 6.74. The first kappa shape index (κ1) is 18.7. The van der Waals surface area contributed by atoms with Crippen LogP contribution in [0.3, 0.4) is 0 Å². The van der Waals surface area contributed by atoms with Gasteiger partial charge in [0.15, 0.2) is 0 Å². The SMILES string of the molecule is C=C(CC)/C(c1ccc2c(c1)oc1c2ccc2oc3ccccc3c21)=c1/ccccc1=C. The second-order valence-corrected chi connectivity index (χ2v) is 8.22. The van der Waals surface area contributed by atoms with Crippen LogP contribution in [0.2, 0.25) is 0 Å². The molecule has 6 aromatic rings. The summed E-state index contributed by atoms with van der Waals surface area (Å²) in [6.07, 6.45) is 0.865. The Bertz CT molecular complexity index is 1790. The lowest BCUT2D eigenvalue weighted by atomic mass is 9.93. The minimum absolute atomic E-state index is 0.843. The molecule has 2 heteroatoms. The fraction of sp³-hybridized carbons (Fsp3) is 0.0667. The Morgan fingerprint density at radius 1 is 0.750 bits per heavy atom. The first-order valence-corrected chi connectivity index (χ1v) is 10.9. The maximum atomic E-state index is 6.48. The third-order valence-electron chi connectivity index (χ3n) is 6.34. The third-order valence-corrected chi connectivity index (χ3v) is 6.34. The number of rotatable bonds is 3. The first-order chi connectivity index (χ1) is 15.7. The number of hydrogen-bond donors (Lipinski definition) is 0. The van der Waals surface area contributed by atoms with E-state index in [0.717, 1.165) is 77.4 Å². The van der Waals surface area contributed by atoms with E-state index in [0.29, 0.717) is 0 Å². The van der Waals surface area contributed by atoms with Gasteiger partial charge in [0, 0.05) is 16.2 Å². The molecule has 32 heavy (non-hydrogen) atoms. The van der Waals surface area contributed by atoms with Gasteiger partial charge in [-0.2, -0.15) is 0 Å². The molecule has 0 aliphatic carbocycles. The quantitative estimate of drug-likeness (QED) is 0.310. The van der Waals surface area contributed by atoms with Crippen LogP contribution in [0.1, 0.15) is 18.9 Å². The molecule has 0 spiro atoms. The van der Waals surface area contributed by atoms with Crippen molar-refractivity contribution in [1.29, 1.82) is 0 Å². The lowest BCUT2D eigenvalue weighted by Crippen LogP contribution is -2.26. The van der Waals surface area contributed by atoms with Gasteiger partial charge in [-0.15, -0.1) is 0 Å². The van der Waals surface area contributed by atoms with E-state index in [1.807, 2.05) is 42.5 Å². The van der Waals surface area contributed by atoms with Crippen LogP contribution in [-0.2, 0) is 0 Å². The van der Waals surface area contributed by atoms with Crippen molar-refractivity contribution < 1.29 is 8.83 Å². The average molecular weight is 415 g/mol. The van der Waals surface area contributed by atoms with E-state index in [2.05, 4.69) is 56.5 Å². The second-order valence-electron chi connectivity index (χ2n) is 8.22. The van der Waals surface area contributed by atoms with Gasteiger partial charge in [-0.25, -0.2) is 0 Å². The van der Waals surface area contributed by atoms with Gasteiger partial charge in [-0.05, 0) is 63.9 Å². The molecule has 0 aliphatic heterocycles. The predicted octanol–water partition coefficient (Wildman–Crippen LogP) is 7.06. The molecule has 154 valence electrons. The van der Waals surface area contributed by atoms with Gasteiger partial charge < -0.3 is 8.83 Å². The van der Waals surface area contributed by atoms with Crippen molar-refractivity contribution >= 4 is 56.0 Å². The number of para-hydroxylation sites is 1. The summed E-state index contributed by atoms with van der Waals surface area (Å²) in [5.74, 6) is 0. The van der Waals surface area contributed by atoms with Crippen molar-refractivity contribution in [3.63, 3.8) is 0 Å². The maximum Gasteiger partial charge on any atom is 0.147 e. The van der Waals surface area contributed by atoms with Gasteiger partial charge in [-0.1, -0.05) is 68.6 Å². The molecule has 0 saturated carbocycles. The van der Waals surface area contributed by atoms with E-state index in [9.17, 15) is 0 Å². The molecule has 2 nitrogen and oxygen atoms in total. The molecule has 2 aromatic heterocycles. The van der Waals surface area contributed by atoms with Crippen molar-refractivity contribution in [2.45, 2.75) is 13.3 Å². The highest BCUT2D eigenvalue weighted by molar-refractivity contribution is 6.22. The fourth-order valence-corrected chi connectivity index (χ4v) is 4.69. The Labute approximate surface area is 185 Å². The summed E-state index contributed by atoms with van der Waals surface area (Å²) >= 11 is 0. The highest BCUT2D eigenvalue weighted by Gasteiger charge is 2.17. The zero-order valence-electron chi connectivity index (χ0n) is 17.9. The van der Waals surface area contributed by atoms with Crippen LogP contribution in [0.25, 0.3) is 56.0 Å². The van der Waals surface area contributed by atoms with E-state index in [1.54, 1.807) is 0 Å².